The van der Waals surface area contributed by atoms with Crippen LogP contribution in [0.15, 0.2) is 24.3 Å². The number of nitrogens with one attached hydrogen (secondary N) is 2. The van der Waals surface area contributed by atoms with Gasteiger partial charge in [0.1, 0.15) is 0 Å². The lowest BCUT2D eigenvalue weighted by Gasteiger charge is -2.08. The van der Waals surface area contributed by atoms with Crippen LogP contribution in [0.1, 0.15) is 0 Å². The topological polar surface area (TPSA) is 107 Å². The number of anilines is 2. The highest BCUT2D eigenvalue weighted by Gasteiger charge is 1.99. The summed E-state index contributed by atoms with van der Waals surface area (Å²) >= 11 is -2.57. The summed E-state index contributed by atoms with van der Waals surface area (Å²) in [5, 5.41) is 2.74. The molecular formula is C8H10N3O3S-. The standard InChI is InChI=1S/C8H11N3O3S/c9-6-1-3-7(4-2-6)10-5-8(12)11-15(13)14/h1-4,10H,5,9H2,(H,11,12)(H,13,14)/p-1. The molecule has 0 saturated heterocycles. The largest absolute Gasteiger partial charge is 0.755 e. The molecule has 7 heteroatoms. The summed E-state index contributed by atoms with van der Waals surface area (Å²) < 4.78 is 21.9. The summed E-state index contributed by atoms with van der Waals surface area (Å²) in [6.07, 6.45) is 0. The second kappa shape index (κ2) is 5.32. The molecule has 0 aliphatic rings. The van der Waals surface area contributed by atoms with Gasteiger partial charge >= 0.3 is 0 Å². The smallest absolute Gasteiger partial charge is 0.250 e. The third-order valence-corrected chi connectivity index (χ3v) is 1.96. The number of rotatable bonds is 4. The van der Waals surface area contributed by atoms with Gasteiger partial charge in [-0.25, -0.2) is 0 Å². The Kier molecular flexibility index (Phi) is 4.07. The predicted octanol–water partition coefficient (Wildman–Crippen LogP) is -0.409. The number of benzene rings is 1. The van der Waals surface area contributed by atoms with Crippen molar-refractivity contribution in [3.05, 3.63) is 24.3 Å². The molecule has 0 saturated carbocycles. The maximum Gasteiger partial charge on any atom is 0.250 e. The van der Waals surface area contributed by atoms with Crippen LogP contribution in [0.5, 0.6) is 0 Å². The first-order valence-corrected chi connectivity index (χ1v) is 5.13. The average molecular weight is 228 g/mol. The Morgan fingerprint density at radius 2 is 2.00 bits per heavy atom. The van der Waals surface area contributed by atoms with Gasteiger partial charge < -0.3 is 15.6 Å². The van der Waals surface area contributed by atoms with Gasteiger partial charge in [-0.3, -0.25) is 13.7 Å². The van der Waals surface area contributed by atoms with Gasteiger partial charge in [0.2, 0.25) is 5.91 Å². The summed E-state index contributed by atoms with van der Waals surface area (Å²) in [5.41, 5.74) is 6.77. The summed E-state index contributed by atoms with van der Waals surface area (Å²) in [6, 6.07) is 6.73. The van der Waals surface area contributed by atoms with E-state index in [1.807, 2.05) is 0 Å². The van der Waals surface area contributed by atoms with Gasteiger partial charge in [-0.15, -0.1) is 0 Å². The minimum Gasteiger partial charge on any atom is -0.755 e. The third-order valence-electron chi connectivity index (χ3n) is 1.56. The van der Waals surface area contributed by atoms with E-state index >= 15 is 0 Å². The van der Waals surface area contributed by atoms with Crippen LogP contribution in [0.25, 0.3) is 0 Å². The SMILES string of the molecule is Nc1ccc(NCC(=O)NS(=O)[O-])cc1. The molecule has 0 heterocycles. The Balaban J connectivity index is 2.40. The molecule has 0 aromatic heterocycles. The predicted molar refractivity (Wildman–Crippen MR) is 56.4 cm³/mol. The van der Waals surface area contributed by atoms with Crippen molar-refractivity contribution >= 4 is 28.5 Å². The molecule has 0 radical (unpaired) electrons. The van der Waals surface area contributed by atoms with Crippen molar-refractivity contribution in [3.8, 4) is 0 Å². The van der Waals surface area contributed by atoms with E-state index in [1.165, 1.54) is 0 Å². The molecule has 4 N–H and O–H groups in total. The van der Waals surface area contributed by atoms with Crippen molar-refractivity contribution in [3.63, 3.8) is 0 Å². The van der Waals surface area contributed by atoms with Crippen LogP contribution in [0.3, 0.4) is 0 Å². The van der Waals surface area contributed by atoms with Crippen molar-refractivity contribution in [2.45, 2.75) is 0 Å². The van der Waals surface area contributed by atoms with Crippen LogP contribution in [0, 0.1) is 0 Å². The fourth-order valence-electron chi connectivity index (χ4n) is 0.912. The Morgan fingerprint density at radius 3 is 2.53 bits per heavy atom. The Bertz CT molecular complexity index is 366. The Hall–Kier alpha value is -1.60. The van der Waals surface area contributed by atoms with Crippen molar-refractivity contribution in [1.82, 2.24) is 4.72 Å². The zero-order valence-electron chi connectivity index (χ0n) is 7.73. The molecular weight excluding hydrogens is 218 g/mol. The second-order valence-corrected chi connectivity index (χ2v) is 3.41. The molecule has 82 valence electrons. The van der Waals surface area contributed by atoms with Crippen molar-refractivity contribution < 1.29 is 13.6 Å². The van der Waals surface area contributed by atoms with E-state index in [-0.39, 0.29) is 6.54 Å². The van der Waals surface area contributed by atoms with E-state index in [0.717, 1.165) is 0 Å². The molecule has 0 aliphatic heterocycles. The monoisotopic (exact) mass is 228 g/mol. The van der Waals surface area contributed by atoms with Gasteiger partial charge in [-0.2, -0.15) is 0 Å². The highest BCUT2D eigenvalue weighted by molar-refractivity contribution is 7.77. The van der Waals surface area contributed by atoms with Crippen LogP contribution >= 0.6 is 0 Å². The first-order chi connectivity index (χ1) is 7.08. The lowest BCUT2D eigenvalue weighted by Crippen LogP contribution is -2.31. The average Bonchev–Trinajstić information content (AvgIpc) is 2.16. The first-order valence-electron chi connectivity index (χ1n) is 4.06. The van der Waals surface area contributed by atoms with E-state index in [4.69, 9.17) is 5.73 Å². The molecule has 6 nitrogen and oxygen atoms in total. The summed E-state index contributed by atoms with van der Waals surface area (Å²) in [4.78, 5) is 10.9. The lowest BCUT2D eigenvalue weighted by molar-refractivity contribution is -0.117. The lowest BCUT2D eigenvalue weighted by atomic mass is 10.3. The second-order valence-electron chi connectivity index (χ2n) is 2.74. The van der Waals surface area contributed by atoms with Gasteiger partial charge in [0.15, 0.2) is 0 Å². The molecule has 0 fully saturated rings. The maximum absolute atomic E-state index is 10.9. The quantitative estimate of drug-likeness (QED) is 0.479. The molecule has 0 spiro atoms. The fraction of sp³-hybridized carbons (Fsp3) is 0.125. The van der Waals surface area contributed by atoms with E-state index < -0.39 is 17.2 Å². The van der Waals surface area contributed by atoms with Gasteiger partial charge in [0.25, 0.3) is 0 Å². The molecule has 1 aromatic rings. The minimum absolute atomic E-state index is 0.113. The van der Waals surface area contributed by atoms with Crippen LogP contribution in [-0.4, -0.2) is 21.2 Å². The number of nitrogens with two attached hydrogens (primary N) is 1. The summed E-state index contributed by atoms with van der Waals surface area (Å²) in [6.45, 7) is -0.113. The van der Waals surface area contributed by atoms with Crippen molar-refractivity contribution in [1.29, 1.82) is 0 Å². The van der Waals surface area contributed by atoms with Gasteiger partial charge in [0.05, 0.1) is 6.54 Å². The highest BCUT2D eigenvalue weighted by atomic mass is 32.2. The van der Waals surface area contributed by atoms with Gasteiger partial charge in [-0.05, 0) is 24.3 Å². The van der Waals surface area contributed by atoms with Gasteiger partial charge in [0, 0.05) is 22.6 Å². The molecule has 0 bridgehead atoms. The summed E-state index contributed by atoms with van der Waals surface area (Å²) in [7, 11) is 0. The zero-order valence-corrected chi connectivity index (χ0v) is 8.54. The molecule has 1 unspecified atom stereocenters. The normalized spacial score (nSPS) is 11.8. The van der Waals surface area contributed by atoms with Crippen LogP contribution < -0.4 is 15.8 Å². The first kappa shape index (κ1) is 11.5. The molecule has 0 aliphatic carbocycles. The number of carbonyl (C=O) groups is 1. The number of carbonyl (C=O) groups excluding carboxylic acids is 1. The van der Waals surface area contributed by atoms with Gasteiger partial charge in [-0.1, -0.05) is 0 Å². The molecule has 1 rings (SSSR count). The number of amides is 1. The van der Waals surface area contributed by atoms with E-state index in [1.54, 1.807) is 29.0 Å². The number of hydrogen-bond acceptors (Lipinski definition) is 5. The Morgan fingerprint density at radius 1 is 1.40 bits per heavy atom. The van der Waals surface area contributed by atoms with Crippen molar-refractivity contribution in [2.24, 2.45) is 0 Å². The fourth-order valence-corrected chi connectivity index (χ4v) is 1.17. The highest BCUT2D eigenvalue weighted by Crippen LogP contribution is 2.09. The molecule has 1 amide bonds. The third kappa shape index (κ3) is 4.43. The minimum atomic E-state index is -2.57. The molecule has 15 heavy (non-hydrogen) atoms. The molecule has 1 atom stereocenters. The summed E-state index contributed by atoms with van der Waals surface area (Å²) in [5.74, 6) is -0.625. The van der Waals surface area contributed by atoms with E-state index in [2.05, 4.69) is 5.32 Å². The van der Waals surface area contributed by atoms with Crippen molar-refractivity contribution in [2.75, 3.05) is 17.6 Å². The van der Waals surface area contributed by atoms with E-state index in [0.29, 0.717) is 11.4 Å². The zero-order chi connectivity index (χ0) is 11.3. The number of nitrogen functional groups attached to an aromatic ring is 1. The van der Waals surface area contributed by atoms with E-state index in [9.17, 15) is 13.6 Å². The maximum atomic E-state index is 10.9. The van der Waals surface area contributed by atoms with Crippen LogP contribution in [-0.2, 0) is 16.1 Å². The number of hydrogen-bond donors (Lipinski definition) is 3. The molecule has 1 aromatic carbocycles. The Labute approximate surface area is 89.3 Å². The van der Waals surface area contributed by atoms with Crippen LogP contribution in [0.2, 0.25) is 0 Å². The van der Waals surface area contributed by atoms with Crippen LogP contribution in [0.4, 0.5) is 11.4 Å².